The summed E-state index contributed by atoms with van der Waals surface area (Å²) in [5.74, 6) is -0.806. The van der Waals surface area contributed by atoms with Crippen LogP contribution in [0.15, 0.2) is 0 Å². The van der Waals surface area contributed by atoms with Crippen molar-refractivity contribution in [1.82, 2.24) is 15.5 Å². The highest BCUT2D eigenvalue weighted by molar-refractivity contribution is 6.05. The van der Waals surface area contributed by atoms with E-state index in [1.165, 1.54) is 4.90 Å². The van der Waals surface area contributed by atoms with E-state index >= 15 is 0 Å². The molecule has 0 saturated carbocycles. The van der Waals surface area contributed by atoms with E-state index in [1.807, 2.05) is 13.8 Å². The lowest BCUT2D eigenvalue weighted by atomic mass is 9.82. The predicted octanol–water partition coefficient (Wildman–Crippen LogP) is -0.360. The van der Waals surface area contributed by atoms with Crippen LogP contribution in [0, 0.1) is 5.41 Å². The van der Waals surface area contributed by atoms with Crippen molar-refractivity contribution < 1.29 is 14.4 Å². The number of carbonyl (C=O) groups is 3. The molecule has 2 aliphatic rings. The topological polar surface area (TPSA) is 78.5 Å². The SMILES string of the molecule is CCC1C(=O)NC(=O)CN1C(=O)C1(CC)CCNC1. The van der Waals surface area contributed by atoms with Crippen molar-refractivity contribution >= 4 is 17.7 Å². The first-order valence-corrected chi connectivity index (χ1v) is 6.89. The second-order valence-corrected chi connectivity index (χ2v) is 5.33. The Bertz CT molecular complexity index is 402. The summed E-state index contributed by atoms with van der Waals surface area (Å²) in [6.07, 6.45) is 2.02. The Labute approximate surface area is 112 Å². The zero-order valence-corrected chi connectivity index (χ0v) is 11.5. The fourth-order valence-corrected chi connectivity index (χ4v) is 2.97. The van der Waals surface area contributed by atoms with Crippen LogP contribution in [0.2, 0.25) is 0 Å². The van der Waals surface area contributed by atoms with E-state index in [0.717, 1.165) is 19.4 Å². The number of nitrogens with zero attached hydrogens (tertiary/aromatic N) is 1. The highest BCUT2D eigenvalue weighted by Crippen LogP contribution is 2.33. The predicted molar refractivity (Wildman–Crippen MR) is 69.2 cm³/mol. The minimum atomic E-state index is -0.519. The van der Waals surface area contributed by atoms with Crippen LogP contribution >= 0.6 is 0 Å². The molecule has 19 heavy (non-hydrogen) atoms. The lowest BCUT2D eigenvalue weighted by Crippen LogP contribution is -2.62. The Morgan fingerprint density at radius 1 is 1.42 bits per heavy atom. The number of hydrogen-bond acceptors (Lipinski definition) is 4. The summed E-state index contributed by atoms with van der Waals surface area (Å²) in [5, 5.41) is 5.51. The Morgan fingerprint density at radius 2 is 2.16 bits per heavy atom. The van der Waals surface area contributed by atoms with Crippen molar-refractivity contribution in [2.45, 2.75) is 39.2 Å². The Morgan fingerprint density at radius 3 is 2.68 bits per heavy atom. The zero-order chi connectivity index (χ0) is 14.0. The number of carbonyl (C=O) groups excluding carboxylic acids is 3. The van der Waals surface area contributed by atoms with Crippen LogP contribution in [-0.2, 0) is 14.4 Å². The molecule has 0 aromatic rings. The summed E-state index contributed by atoms with van der Waals surface area (Å²) >= 11 is 0. The maximum absolute atomic E-state index is 12.8. The van der Waals surface area contributed by atoms with Crippen LogP contribution in [0.3, 0.4) is 0 Å². The van der Waals surface area contributed by atoms with Gasteiger partial charge in [-0.25, -0.2) is 0 Å². The molecule has 6 nitrogen and oxygen atoms in total. The quantitative estimate of drug-likeness (QED) is 0.685. The number of amides is 3. The van der Waals surface area contributed by atoms with Gasteiger partial charge in [-0.15, -0.1) is 0 Å². The van der Waals surface area contributed by atoms with Crippen molar-refractivity contribution in [2.75, 3.05) is 19.6 Å². The van der Waals surface area contributed by atoms with Crippen molar-refractivity contribution in [3.8, 4) is 0 Å². The van der Waals surface area contributed by atoms with Crippen LogP contribution < -0.4 is 10.6 Å². The van der Waals surface area contributed by atoms with Crippen LogP contribution in [-0.4, -0.2) is 48.3 Å². The summed E-state index contributed by atoms with van der Waals surface area (Å²) in [5.41, 5.74) is -0.453. The minimum Gasteiger partial charge on any atom is -0.321 e. The Kier molecular flexibility index (Phi) is 3.89. The lowest BCUT2D eigenvalue weighted by Gasteiger charge is -2.39. The van der Waals surface area contributed by atoms with Crippen molar-refractivity contribution in [3.05, 3.63) is 0 Å². The number of nitrogens with one attached hydrogen (secondary N) is 2. The molecule has 2 saturated heterocycles. The smallest absolute Gasteiger partial charge is 0.249 e. The molecule has 0 radical (unpaired) electrons. The van der Waals surface area contributed by atoms with Gasteiger partial charge >= 0.3 is 0 Å². The molecular weight excluding hydrogens is 246 g/mol. The number of rotatable bonds is 3. The molecule has 106 valence electrons. The standard InChI is InChI=1S/C13H21N3O3/c1-3-9-11(18)15-10(17)7-16(9)12(19)13(4-2)5-6-14-8-13/h9,14H,3-8H2,1-2H3,(H,15,17,18). The van der Waals surface area contributed by atoms with E-state index in [4.69, 9.17) is 0 Å². The van der Waals surface area contributed by atoms with Gasteiger partial charge in [-0.1, -0.05) is 13.8 Å². The molecule has 2 unspecified atom stereocenters. The molecular formula is C13H21N3O3. The fourth-order valence-electron chi connectivity index (χ4n) is 2.97. The second-order valence-electron chi connectivity index (χ2n) is 5.33. The average Bonchev–Trinajstić information content (AvgIpc) is 2.87. The maximum atomic E-state index is 12.8. The first-order valence-electron chi connectivity index (χ1n) is 6.89. The van der Waals surface area contributed by atoms with Crippen LogP contribution in [0.1, 0.15) is 33.1 Å². The number of hydrogen-bond donors (Lipinski definition) is 2. The van der Waals surface area contributed by atoms with E-state index in [-0.39, 0.29) is 24.3 Å². The van der Waals surface area contributed by atoms with Crippen molar-refractivity contribution in [1.29, 1.82) is 0 Å². The molecule has 0 aromatic carbocycles. The van der Waals surface area contributed by atoms with E-state index in [1.54, 1.807) is 0 Å². The molecule has 2 fully saturated rings. The van der Waals surface area contributed by atoms with Crippen molar-refractivity contribution in [2.24, 2.45) is 5.41 Å². The fraction of sp³-hybridized carbons (Fsp3) is 0.769. The van der Waals surface area contributed by atoms with Crippen LogP contribution in [0.5, 0.6) is 0 Å². The molecule has 0 bridgehead atoms. The normalized spacial score (nSPS) is 31.5. The summed E-state index contributed by atoms with van der Waals surface area (Å²) in [4.78, 5) is 37.6. The molecule has 6 heteroatoms. The summed E-state index contributed by atoms with van der Waals surface area (Å²) in [7, 11) is 0. The Balaban J connectivity index is 2.24. The summed E-state index contributed by atoms with van der Waals surface area (Å²) in [6.45, 7) is 5.27. The van der Waals surface area contributed by atoms with E-state index in [0.29, 0.717) is 13.0 Å². The van der Waals surface area contributed by atoms with Gasteiger partial charge in [-0.2, -0.15) is 0 Å². The average molecular weight is 267 g/mol. The van der Waals surface area contributed by atoms with Crippen LogP contribution in [0.25, 0.3) is 0 Å². The van der Waals surface area contributed by atoms with Crippen LogP contribution in [0.4, 0.5) is 0 Å². The minimum absolute atomic E-state index is 0.00910. The second kappa shape index (κ2) is 5.28. The molecule has 2 heterocycles. The molecule has 2 aliphatic heterocycles. The monoisotopic (exact) mass is 267 g/mol. The van der Waals surface area contributed by atoms with Gasteiger partial charge in [0.05, 0.1) is 5.41 Å². The van der Waals surface area contributed by atoms with Gasteiger partial charge < -0.3 is 10.2 Å². The third-order valence-corrected chi connectivity index (χ3v) is 4.28. The van der Waals surface area contributed by atoms with E-state index < -0.39 is 11.5 Å². The summed E-state index contributed by atoms with van der Waals surface area (Å²) < 4.78 is 0. The lowest BCUT2D eigenvalue weighted by molar-refractivity contribution is -0.155. The van der Waals surface area contributed by atoms with Gasteiger partial charge in [0.1, 0.15) is 12.6 Å². The van der Waals surface area contributed by atoms with Gasteiger partial charge in [-0.3, -0.25) is 19.7 Å². The molecule has 0 aromatic heterocycles. The molecule has 2 N–H and O–H groups in total. The van der Waals surface area contributed by atoms with E-state index in [2.05, 4.69) is 10.6 Å². The van der Waals surface area contributed by atoms with Gasteiger partial charge in [0, 0.05) is 6.54 Å². The Hall–Kier alpha value is -1.43. The highest BCUT2D eigenvalue weighted by Gasteiger charge is 2.46. The van der Waals surface area contributed by atoms with Gasteiger partial charge in [0.2, 0.25) is 17.7 Å². The van der Waals surface area contributed by atoms with E-state index in [9.17, 15) is 14.4 Å². The highest BCUT2D eigenvalue weighted by atomic mass is 16.2. The third-order valence-electron chi connectivity index (χ3n) is 4.28. The maximum Gasteiger partial charge on any atom is 0.249 e. The van der Waals surface area contributed by atoms with Gasteiger partial charge in [0.25, 0.3) is 0 Å². The molecule has 0 aliphatic carbocycles. The first kappa shape index (κ1) is 14.0. The number of imide groups is 1. The molecule has 3 amide bonds. The molecule has 0 spiro atoms. The summed E-state index contributed by atoms with van der Waals surface area (Å²) in [6, 6.07) is -0.519. The molecule has 2 rings (SSSR count). The first-order chi connectivity index (χ1) is 9.04. The molecule has 2 atom stereocenters. The van der Waals surface area contributed by atoms with Gasteiger partial charge in [0.15, 0.2) is 0 Å². The largest absolute Gasteiger partial charge is 0.321 e. The van der Waals surface area contributed by atoms with Gasteiger partial charge in [-0.05, 0) is 25.8 Å². The zero-order valence-electron chi connectivity index (χ0n) is 11.5. The number of piperazine rings is 1. The van der Waals surface area contributed by atoms with Crippen molar-refractivity contribution in [3.63, 3.8) is 0 Å². The third kappa shape index (κ3) is 2.36.